The maximum atomic E-state index is 12.7. The van der Waals surface area contributed by atoms with Gasteiger partial charge in [-0.3, -0.25) is 10.1 Å². The third kappa shape index (κ3) is 3.12. The molecule has 1 aromatic heterocycles. The van der Waals surface area contributed by atoms with Crippen molar-refractivity contribution in [1.82, 2.24) is 9.97 Å². The van der Waals surface area contributed by atoms with Crippen LogP contribution in [0, 0.1) is 0 Å². The molecule has 130 valence electrons. The number of methoxy groups -OCH3 is 3. The number of para-hydroxylation sites is 2. The standard InChI is InChI=1S/C17H16BrN3O4/c1-23-12-8-9(13(18)15(25-3)14(12)24-2)16(22)21-17-19-10-6-4-5-7-11(10)20-17/h4-8H,1-3H3,(H2,19,20,21,22). The van der Waals surface area contributed by atoms with E-state index in [2.05, 4.69) is 31.2 Å². The lowest BCUT2D eigenvalue weighted by Crippen LogP contribution is -2.14. The number of ether oxygens (including phenoxy) is 3. The smallest absolute Gasteiger partial charge is 0.259 e. The molecule has 0 aliphatic heterocycles. The van der Waals surface area contributed by atoms with Gasteiger partial charge in [0.25, 0.3) is 5.91 Å². The van der Waals surface area contributed by atoms with Crippen molar-refractivity contribution >= 4 is 38.8 Å². The Bertz CT molecular complexity index is 906. The second kappa shape index (κ2) is 7.02. The normalized spacial score (nSPS) is 10.6. The van der Waals surface area contributed by atoms with E-state index in [-0.39, 0.29) is 5.91 Å². The molecule has 0 spiro atoms. The summed E-state index contributed by atoms with van der Waals surface area (Å²) in [4.78, 5) is 20.1. The average Bonchev–Trinajstić information content (AvgIpc) is 3.03. The van der Waals surface area contributed by atoms with Crippen LogP contribution in [0.5, 0.6) is 17.2 Å². The molecule has 0 atom stereocenters. The van der Waals surface area contributed by atoms with Crippen LogP contribution in [0.2, 0.25) is 0 Å². The maximum absolute atomic E-state index is 12.7. The Morgan fingerprint density at radius 2 is 1.84 bits per heavy atom. The number of benzene rings is 2. The van der Waals surface area contributed by atoms with Crippen molar-refractivity contribution in [3.8, 4) is 17.2 Å². The highest BCUT2D eigenvalue weighted by Crippen LogP contribution is 2.44. The molecule has 3 aromatic rings. The first kappa shape index (κ1) is 17.1. The fraction of sp³-hybridized carbons (Fsp3) is 0.176. The lowest BCUT2D eigenvalue weighted by atomic mass is 10.1. The molecule has 2 N–H and O–H groups in total. The maximum Gasteiger partial charge on any atom is 0.259 e. The van der Waals surface area contributed by atoms with E-state index >= 15 is 0 Å². The number of amides is 1. The summed E-state index contributed by atoms with van der Waals surface area (Å²) >= 11 is 3.39. The number of aromatic amines is 1. The monoisotopic (exact) mass is 405 g/mol. The number of rotatable bonds is 5. The van der Waals surface area contributed by atoms with Gasteiger partial charge in [-0.05, 0) is 34.1 Å². The van der Waals surface area contributed by atoms with E-state index in [1.54, 1.807) is 6.07 Å². The minimum absolute atomic E-state index is 0.329. The largest absolute Gasteiger partial charge is 0.493 e. The quantitative estimate of drug-likeness (QED) is 0.676. The molecule has 25 heavy (non-hydrogen) atoms. The number of aromatic nitrogens is 2. The van der Waals surface area contributed by atoms with Gasteiger partial charge in [0, 0.05) is 0 Å². The molecular weight excluding hydrogens is 390 g/mol. The predicted molar refractivity (Wildman–Crippen MR) is 97.8 cm³/mol. The van der Waals surface area contributed by atoms with Crippen LogP contribution in [-0.4, -0.2) is 37.2 Å². The topological polar surface area (TPSA) is 85.5 Å². The number of fused-ring (bicyclic) bond motifs is 1. The number of halogens is 1. The van der Waals surface area contributed by atoms with Gasteiger partial charge in [-0.1, -0.05) is 12.1 Å². The number of anilines is 1. The Morgan fingerprint density at radius 1 is 1.12 bits per heavy atom. The van der Waals surface area contributed by atoms with Gasteiger partial charge in [-0.15, -0.1) is 0 Å². The molecule has 1 amide bonds. The average molecular weight is 406 g/mol. The number of H-pyrrole nitrogens is 1. The van der Waals surface area contributed by atoms with Crippen molar-refractivity contribution in [2.24, 2.45) is 0 Å². The summed E-state index contributed by atoms with van der Waals surface area (Å²) in [6, 6.07) is 9.08. The van der Waals surface area contributed by atoms with Gasteiger partial charge in [0.1, 0.15) is 0 Å². The summed E-state index contributed by atoms with van der Waals surface area (Å²) in [7, 11) is 4.48. The number of carbonyl (C=O) groups is 1. The van der Waals surface area contributed by atoms with Crippen LogP contribution >= 0.6 is 15.9 Å². The van der Waals surface area contributed by atoms with E-state index in [4.69, 9.17) is 14.2 Å². The van der Waals surface area contributed by atoms with Gasteiger partial charge in [0.15, 0.2) is 11.5 Å². The Morgan fingerprint density at radius 3 is 2.48 bits per heavy atom. The van der Waals surface area contributed by atoms with E-state index < -0.39 is 0 Å². The summed E-state index contributed by atoms with van der Waals surface area (Å²) in [6.07, 6.45) is 0. The van der Waals surface area contributed by atoms with Gasteiger partial charge >= 0.3 is 0 Å². The molecule has 0 unspecified atom stereocenters. The Balaban J connectivity index is 1.98. The predicted octanol–water partition coefficient (Wildman–Crippen LogP) is 3.60. The molecule has 2 aromatic carbocycles. The van der Waals surface area contributed by atoms with Crippen LogP contribution in [0.4, 0.5) is 5.95 Å². The number of carbonyl (C=O) groups excluding carboxylic acids is 1. The van der Waals surface area contributed by atoms with Crippen molar-refractivity contribution < 1.29 is 19.0 Å². The van der Waals surface area contributed by atoms with Crippen molar-refractivity contribution in [2.45, 2.75) is 0 Å². The highest BCUT2D eigenvalue weighted by molar-refractivity contribution is 9.10. The molecule has 0 fully saturated rings. The fourth-order valence-electron chi connectivity index (χ4n) is 2.47. The number of nitrogens with one attached hydrogen (secondary N) is 2. The van der Waals surface area contributed by atoms with E-state index in [0.29, 0.717) is 33.2 Å². The van der Waals surface area contributed by atoms with E-state index in [1.165, 1.54) is 21.3 Å². The summed E-state index contributed by atoms with van der Waals surface area (Å²) in [6.45, 7) is 0. The second-order valence-corrected chi connectivity index (χ2v) is 5.86. The third-order valence-corrected chi connectivity index (χ3v) is 4.42. The summed E-state index contributed by atoms with van der Waals surface area (Å²) in [5.41, 5.74) is 1.93. The number of hydrogen-bond acceptors (Lipinski definition) is 5. The van der Waals surface area contributed by atoms with Crippen molar-refractivity contribution in [1.29, 1.82) is 0 Å². The number of nitrogens with zero attached hydrogens (tertiary/aromatic N) is 1. The molecule has 0 saturated heterocycles. The second-order valence-electron chi connectivity index (χ2n) is 5.06. The molecule has 1 heterocycles. The van der Waals surface area contributed by atoms with Crippen molar-refractivity contribution in [3.05, 3.63) is 40.4 Å². The van der Waals surface area contributed by atoms with Gasteiger partial charge < -0.3 is 19.2 Å². The lowest BCUT2D eigenvalue weighted by Gasteiger charge is -2.16. The fourth-order valence-corrected chi connectivity index (χ4v) is 3.11. The molecule has 0 bridgehead atoms. The minimum atomic E-state index is -0.370. The molecule has 7 nitrogen and oxygen atoms in total. The minimum Gasteiger partial charge on any atom is -0.493 e. The summed E-state index contributed by atoms with van der Waals surface area (Å²) in [5.74, 6) is 1.14. The summed E-state index contributed by atoms with van der Waals surface area (Å²) in [5, 5.41) is 2.74. The van der Waals surface area contributed by atoms with Crippen LogP contribution < -0.4 is 19.5 Å². The summed E-state index contributed by atoms with van der Waals surface area (Å²) < 4.78 is 16.4. The van der Waals surface area contributed by atoms with Crippen molar-refractivity contribution in [2.75, 3.05) is 26.6 Å². The Hall–Kier alpha value is -2.74. The first-order valence-corrected chi connectivity index (χ1v) is 8.13. The Kier molecular flexibility index (Phi) is 4.80. The Labute approximate surface area is 152 Å². The van der Waals surface area contributed by atoms with E-state index in [0.717, 1.165) is 11.0 Å². The zero-order valence-electron chi connectivity index (χ0n) is 13.8. The van der Waals surface area contributed by atoms with Crippen LogP contribution in [-0.2, 0) is 0 Å². The molecule has 8 heteroatoms. The zero-order chi connectivity index (χ0) is 18.0. The van der Waals surface area contributed by atoms with Crippen LogP contribution in [0.25, 0.3) is 11.0 Å². The highest BCUT2D eigenvalue weighted by Gasteiger charge is 2.23. The molecule has 3 rings (SSSR count). The molecule has 0 saturated carbocycles. The molecule has 0 aliphatic rings. The van der Waals surface area contributed by atoms with E-state index in [1.807, 2.05) is 24.3 Å². The van der Waals surface area contributed by atoms with Gasteiger partial charge in [-0.2, -0.15) is 0 Å². The van der Waals surface area contributed by atoms with Gasteiger partial charge in [-0.25, -0.2) is 4.98 Å². The zero-order valence-corrected chi connectivity index (χ0v) is 15.4. The number of hydrogen-bond donors (Lipinski definition) is 2. The molecule has 0 aliphatic carbocycles. The van der Waals surface area contributed by atoms with Crippen LogP contribution in [0.1, 0.15) is 10.4 Å². The first-order chi connectivity index (χ1) is 12.1. The lowest BCUT2D eigenvalue weighted by molar-refractivity contribution is 0.102. The first-order valence-electron chi connectivity index (χ1n) is 7.33. The van der Waals surface area contributed by atoms with Gasteiger partial charge in [0.2, 0.25) is 11.7 Å². The highest BCUT2D eigenvalue weighted by atomic mass is 79.9. The van der Waals surface area contributed by atoms with Crippen LogP contribution in [0.3, 0.4) is 0 Å². The van der Waals surface area contributed by atoms with Gasteiger partial charge in [0.05, 0.1) is 42.4 Å². The van der Waals surface area contributed by atoms with E-state index in [9.17, 15) is 4.79 Å². The number of imidazole rings is 1. The third-order valence-electron chi connectivity index (χ3n) is 3.64. The van der Waals surface area contributed by atoms with Crippen LogP contribution in [0.15, 0.2) is 34.8 Å². The SMILES string of the molecule is COc1cc(C(=O)Nc2nc3ccccc3[nH]2)c(Br)c(OC)c1OC. The molecular formula is C17H16BrN3O4. The van der Waals surface area contributed by atoms with Crippen molar-refractivity contribution in [3.63, 3.8) is 0 Å². The molecule has 0 radical (unpaired) electrons.